The lowest BCUT2D eigenvalue weighted by Gasteiger charge is -2.25. The fourth-order valence-electron chi connectivity index (χ4n) is 2.28. The fraction of sp³-hybridized carbons (Fsp3) is 0.286. The largest absolute Gasteiger partial charge is 0.493 e. The first kappa shape index (κ1) is 13.9. The van der Waals surface area contributed by atoms with Crippen molar-refractivity contribution < 1.29 is 14.3 Å². The van der Waals surface area contributed by atoms with Gasteiger partial charge in [0.05, 0.1) is 14.2 Å². The lowest BCUT2D eigenvalue weighted by Crippen LogP contribution is -2.33. The average molecular weight is 275 g/mol. The van der Waals surface area contributed by atoms with Crippen LogP contribution in [0.15, 0.2) is 35.8 Å². The van der Waals surface area contributed by atoms with Crippen molar-refractivity contribution in [1.82, 2.24) is 4.90 Å². The molecule has 6 heteroatoms. The number of para-hydroxylation sites is 1. The number of nitrogens with two attached hydrogens (primary N) is 1. The van der Waals surface area contributed by atoms with Gasteiger partial charge in [-0.15, -0.1) is 6.58 Å². The van der Waals surface area contributed by atoms with Gasteiger partial charge >= 0.3 is 6.03 Å². The summed E-state index contributed by atoms with van der Waals surface area (Å²) >= 11 is 0. The first-order valence-electron chi connectivity index (χ1n) is 6.10. The Labute approximate surface area is 117 Å². The highest BCUT2D eigenvalue weighted by molar-refractivity contribution is 6.03. The second kappa shape index (κ2) is 5.64. The number of aliphatic imine (C=N–C) groups is 1. The number of hydrogen-bond acceptors (Lipinski definition) is 4. The number of benzene rings is 1. The SMILES string of the molecule is C=CCN1C(=O)N=C(N)C1c1cccc(OC)c1OC. The van der Waals surface area contributed by atoms with E-state index in [4.69, 9.17) is 15.2 Å². The Morgan fingerprint density at radius 2 is 2.20 bits per heavy atom. The van der Waals surface area contributed by atoms with Crippen LogP contribution in [0, 0.1) is 0 Å². The van der Waals surface area contributed by atoms with Gasteiger partial charge in [0.1, 0.15) is 11.9 Å². The number of urea groups is 1. The number of hydrogen-bond donors (Lipinski definition) is 1. The van der Waals surface area contributed by atoms with Crippen LogP contribution in [0.5, 0.6) is 11.5 Å². The zero-order valence-corrected chi connectivity index (χ0v) is 11.5. The highest BCUT2D eigenvalue weighted by atomic mass is 16.5. The lowest BCUT2D eigenvalue weighted by molar-refractivity contribution is 0.212. The molecule has 2 rings (SSSR count). The van der Waals surface area contributed by atoms with Crippen molar-refractivity contribution in [2.75, 3.05) is 20.8 Å². The Bertz CT molecular complexity index is 569. The topological polar surface area (TPSA) is 77.2 Å². The maximum Gasteiger partial charge on any atom is 0.346 e. The summed E-state index contributed by atoms with van der Waals surface area (Å²) in [6.07, 6.45) is 1.63. The van der Waals surface area contributed by atoms with E-state index in [0.29, 0.717) is 18.0 Å². The quantitative estimate of drug-likeness (QED) is 0.830. The van der Waals surface area contributed by atoms with Crippen molar-refractivity contribution in [3.8, 4) is 11.5 Å². The van der Waals surface area contributed by atoms with Gasteiger partial charge in [0, 0.05) is 12.1 Å². The van der Waals surface area contributed by atoms with Crippen LogP contribution in [0.3, 0.4) is 0 Å². The van der Waals surface area contributed by atoms with E-state index in [0.717, 1.165) is 5.56 Å². The Hall–Kier alpha value is -2.50. The Kier molecular flexibility index (Phi) is 3.93. The lowest BCUT2D eigenvalue weighted by atomic mass is 10.0. The van der Waals surface area contributed by atoms with Crippen LogP contribution < -0.4 is 15.2 Å². The smallest absolute Gasteiger partial charge is 0.346 e. The molecule has 0 radical (unpaired) electrons. The molecule has 1 heterocycles. The first-order chi connectivity index (χ1) is 9.63. The standard InChI is InChI=1S/C14H17N3O3/c1-4-8-17-11(13(15)16-14(17)18)9-6-5-7-10(19-2)12(9)20-3/h4-7,11H,1,8H2,2-3H3,(H2,15,16,18). The average Bonchev–Trinajstić information content (AvgIpc) is 2.72. The van der Waals surface area contributed by atoms with Crippen LogP contribution in [0.2, 0.25) is 0 Å². The number of amides is 2. The summed E-state index contributed by atoms with van der Waals surface area (Å²) < 4.78 is 10.7. The van der Waals surface area contributed by atoms with Crippen LogP contribution in [0.1, 0.15) is 11.6 Å². The Balaban J connectivity index is 2.51. The van der Waals surface area contributed by atoms with Gasteiger partial charge in [-0.2, -0.15) is 4.99 Å². The van der Waals surface area contributed by atoms with E-state index in [-0.39, 0.29) is 11.9 Å². The third-order valence-electron chi connectivity index (χ3n) is 3.12. The predicted octanol–water partition coefficient (Wildman–Crippen LogP) is 1.72. The van der Waals surface area contributed by atoms with E-state index in [1.54, 1.807) is 26.4 Å². The number of amidine groups is 1. The Morgan fingerprint density at radius 3 is 2.80 bits per heavy atom. The molecule has 0 aliphatic carbocycles. The molecular formula is C14H17N3O3. The highest BCUT2D eigenvalue weighted by Gasteiger charge is 2.36. The Morgan fingerprint density at radius 1 is 1.45 bits per heavy atom. The number of ether oxygens (including phenoxy) is 2. The van der Waals surface area contributed by atoms with Crippen molar-refractivity contribution in [2.24, 2.45) is 10.7 Å². The van der Waals surface area contributed by atoms with E-state index in [9.17, 15) is 4.79 Å². The minimum Gasteiger partial charge on any atom is -0.493 e. The number of rotatable bonds is 5. The summed E-state index contributed by atoms with van der Waals surface area (Å²) in [7, 11) is 3.10. The van der Waals surface area contributed by atoms with E-state index in [2.05, 4.69) is 11.6 Å². The molecule has 0 saturated carbocycles. The fourth-order valence-corrected chi connectivity index (χ4v) is 2.28. The molecule has 2 N–H and O–H groups in total. The van der Waals surface area contributed by atoms with Gasteiger partial charge in [0.2, 0.25) is 0 Å². The predicted molar refractivity (Wildman–Crippen MR) is 76.2 cm³/mol. The van der Waals surface area contributed by atoms with Crippen LogP contribution in [0.25, 0.3) is 0 Å². The molecule has 20 heavy (non-hydrogen) atoms. The normalized spacial score (nSPS) is 17.9. The number of carbonyl (C=O) groups excluding carboxylic acids is 1. The van der Waals surface area contributed by atoms with Crippen LogP contribution in [-0.2, 0) is 0 Å². The van der Waals surface area contributed by atoms with Crippen molar-refractivity contribution in [3.63, 3.8) is 0 Å². The van der Waals surface area contributed by atoms with Crippen LogP contribution >= 0.6 is 0 Å². The molecule has 0 bridgehead atoms. The molecule has 106 valence electrons. The van der Waals surface area contributed by atoms with Gasteiger partial charge in [-0.05, 0) is 6.07 Å². The van der Waals surface area contributed by atoms with Gasteiger partial charge < -0.3 is 20.1 Å². The summed E-state index contributed by atoms with van der Waals surface area (Å²) in [6.45, 7) is 4.00. The summed E-state index contributed by atoms with van der Waals surface area (Å²) in [5.41, 5.74) is 6.63. The van der Waals surface area contributed by atoms with Crippen LogP contribution in [-0.4, -0.2) is 37.5 Å². The summed E-state index contributed by atoms with van der Waals surface area (Å²) in [6, 6.07) is 4.59. The molecule has 1 atom stereocenters. The van der Waals surface area contributed by atoms with Gasteiger partial charge in [-0.25, -0.2) is 4.79 Å². The molecule has 1 aliphatic rings. The number of nitrogens with zero attached hydrogens (tertiary/aromatic N) is 2. The molecule has 6 nitrogen and oxygen atoms in total. The molecule has 1 aromatic rings. The highest BCUT2D eigenvalue weighted by Crippen LogP contribution is 2.38. The molecule has 0 aromatic heterocycles. The van der Waals surface area contributed by atoms with Crippen molar-refractivity contribution in [3.05, 3.63) is 36.4 Å². The van der Waals surface area contributed by atoms with Crippen molar-refractivity contribution >= 4 is 11.9 Å². The molecule has 1 unspecified atom stereocenters. The van der Waals surface area contributed by atoms with E-state index >= 15 is 0 Å². The summed E-state index contributed by atoms with van der Waals surface area (Å²) in [4.78, 5) is 17.2. The molecule has 0 spiro atoms. The molecule has 0 fully saturated rings. The van der Waals surface area contributed by atoms with Gasteiger partial charge in [-0.3, -0.25) is 0 Å². The van der Waals surface area contributed by atoms with Gasteiger partial charge in [0.25, 0.3) is 0 Å². The maximum atomic E-state index is 11.9. The molecule has 1 aromatic carbocycles. The third kappa shape index (κ3) is 2.20. The first-order valence-corrected chi connectivity index (χ1v) is 6.10. The van der Waals surface area contributed by atoms with Crippen molar-refractivity contribution in [1.29, 1.82) is 0 Å². The molecule has 0 saturated heterocycles. The molecule has 1 aliphatic heterocycles. The molecular weight excluding hydrogens is 258 g/mol. The zero-order valence-electron chi connectivity index (χ0n) is 11.5. The maximum absolute atomic E-state index is 11.9. The van der Waals surface area contributed by atoms with Crippen LogP contribution in [0.4, 0.5) is 4.79 Å². The molecule has 2 amide bonds. The van der Waals surface area contributed by atoms with E-state index < -0.39 is 6.04 Å². The minimum absolute atomic E-state index is 0.239. The second-order valence-corrected chi connectivity index (χ2v) is 4.25. The minimum atomic E-state index is -0.467. The van der Waals surface area contributed by atoms with E-state index in [1.807, 2.05) is 12.1 Å². The monoisotopic (exact) mass is 275 g/mol. The zero-order chi connectivity index (χ0) is 14.7. The third-order valence-corrected chi connectivity index (χ3v) is 3.12. The summed E-state index contributed by atoms with van der Waals surface area (Å²) in [5.74, 6) is 1.36. The van der Waals surface area contributed by atoms with Gasteiger partial charge in [-0.1, -0.05) is 18.2 Å². The number of carbonyl (C=O) groups is 1. The van der Waals surface area contributed by atoms with Crippen molar-refractivity contribution in [2.45, 2.75) is 6.04 Å². The van der Waals surface area contributed by atoms with Gasteiger partial charge in [0.15, 0.2) is 11.5 Å². The second-order valence-electron chi connectivity index (χ2n) is 4.25. The van der Waals surface area contributed by atoms with E-state index in [1.165, 1.54) is 4.90 Å². The summed E-state index contributed by atoms with van der Waals surface area (Å²) in [5, 5.41) is 0. The number of methoxy groups -OCH3 is 2.